The van der Waals surface area contributed by atoms with Gasteiger partial charge >= 0.3 is 0 Å². The van der Waals surface area contributed by atoms with E-state index in [1.807, 2.05) is 0 Å². The molecule has 2 aliphatic rings. The first-order chi connectivity index (χ1) is 5.87. The minimum atomic E-state index is 0.595. The highest BCUT2D eigenvalue weighted by molar-refractivity contribution is 5.14. The van der Waals surface area contributed by atoms with Crippen LogP contribution >= 0.6 is 0 Å². The molecule has 0 nitrogen and oxygen atoms in total. The molecule has 3 atom stereocenters. The first kappa shape index (κ1) is 9.55. The lowest BCUT2D eigenvalue weighted by atomic mass is 9.58. The maximum atomic E-state index is 2.55. The molecule has 0 aromatic carbocycles. The predicted molar refractivity (Wildman–Crippen MR) is 57.6 cm³/mol. The molecule has 0 aliphatic heterocycles. The molecule has 13 heavy (non-hydrogen) atoms. The Hall–Kier alpha value is 0. The fourth-order valence-electron chi connectivity index (χ4n) is 4.34. The van der Waals surface area contributed by atoms with Gasteiger partial charge in [-0.05, 0) is 41.4 Å². The van der Waals surface area contributed by atoms with Crippen molar-refractivity contribution in [2.45, 2.75) is 60.3 Å². The van der Waals surface area contributed by atoms with Crippen LogP contribution in [0.3, 0.4) is 0 Å². The van der Waals surface area contributed by atoms with Crippen molar-refractivity contribution in [2.24, 2.45) is 22.2 Å². The zero-order valence-corrected chi connectivity index (χ0v) is 9.91. The van der Waals surface area contributed by atoms with E-state index in [9.17, 15) is 0 Å². The van der Waals surface area contributed by atoms with E-state index in [0.29, 0.717) is 16.2 Å². The fourth-order valence-corrected chi connectivity index (χ4v) is 4.34. The first-order valence-electron chi connectivity index (χ1n) is 5.87. The molecule has 0 heterocycles. The summed E-state index contributed by atoms with van der Waals surface area (Å²) in [6, 6.07) is 0. The van der Waals surface area contributed by atoms with E-state index in [4.69, 9.17) is 0 Å². The van der Waals surface area contributed by atoms with Gasteiger partial charge < -0.3 is 0 Å². The van der Waals surface area contributed by atoms with E-state index in [1.54, 1.807) is 0 Å². The maximum Gasteiger partial charge on any atom is -0.0218 e. The van der Waals surface area contributed by atoms with Crippen LogP contribution in [0.25, 0.3) is 0 Å². The second-order valence-electron chi connectivity index (χ2n) is 6.41. The molecule has 76 valence electrons. The minimum absolute atomic E-state index is 0.595. The van der Waals surface area contributed by atoms with Crippen molar-refractivity contribution in [1.82, 2.24) is 0 Å². The van der Waals surface area contributed by atoms with Gasteiger partial charge in [0, 0.05) is 0 Å². The Balaban J connectivity index is 2.44. The van der Waals surface area contributed by atoms with Gasteiger partial charge in [-0.3, -0.25) is 0 Å². The molecule has 3 unspecified atom stereocenters. The topological polar surface area (TPSA) is 0 Å². The summed E-state index contributed by atoms with van der Waals surface area (Å²) in [5, 5.41) is 0. The largest absolute Gasteiger partial charge is 0.0648 e. The van der Waals surface area contributed by atoms with Gasteiger partial charge in [-0.15, -0.1) is 0 Å². The average molecular weight is 180 g/mol. The lowest BCUT2D eigenvalue weighted by molar-refractivity contribution is 0.0257. The number of rotatable bonds is 1. The highest BCUT2D eigenvalue weighted by Crippen LogP contribution is 2.73. The summed E-state index contributed by atoms with van der Waals surface area (Å²) < 4.78 is 0. The van der Waals surface area contributed by atoms with Crippen molar-refractivity contribution in [3.05, 3.63) is 0 Å². The van der Waals surface area contributed by atoms with Crippen LogP contribution in [0, 0.1) is 22.2 Å². The number of hydrogen-bond donors (Lipinski definition) is 0. The Morgan fingerprint density at radius 2 is 1.77 bits per heavy atom. The maximum absolute atomic E-state index is 2.55. The van der Waals surface area contributed by atoms with Gasteiger partial charge in [-0.1, -0.05) is 41.0 Å². The van der Waals surface area contributed by atoms with Gasteiger partial charge in [0.2, 0.25) is 0 Å². The van der Waals surface area contributed by atoms with Crippen LogP contribution in [0.1, 0.15) is 60.3 Å². The van der Waals surface area contributed by atoms with Crippen molar-refractivity contribution < 1.29 is 0 Å². The van der Waals surface area contributed by atoms with E-state index >= 15 is 0 Å². The molecule has 2 fully saturated rings. The Morgan fingerprint density at radius 1 is 1.15 bits per heavy atom. The number of fused-ring (bicyclic) bond motifs is 2. The Kier molecular flexibility index (Phi) is 1.71. The van der Waals surface area contributed by atoms with Crippen LogP contribution in [0.15, 0.2) is 0 Å². The van der Waals surface area contributed by atoms with Crippen molar-refractivity contribution in [2.75, 3.05) is 0 Å². The predicted octanol–water partition coefficient (Wildman–Crippen LogP) is 4.25. The van der Waals surface area contributed by atoms with Crippen LogP contribution in [-0.4, -0.2) is 0 Å². The van der Waals surface area contributed by atoms with Crippen LogP contribution in [0.5, 0.6) is 0 Å². The summed E-state index contributed by atoms with van der Waals surface area (Å²) in [4.78, 5) is 0. The number of hydrogen-bond acceptors (Lipinski definition) is 0. The molecule has 0 aromatic rings. The lowest BCUT2D eigenvalue weighted by Gasteiger charge is -2.46. The van der Waals surface area contributed by atoms with Crippen molar-refractivity contribution in [3.63, 3.8) is 0 Å². The van der Waals surface area contributed by atoms with E-state index in [0.717, 1.165) is 5.92 Å². The molecule has 2 rings (SSSR count). The van der Waals surface area contributed by atoms with Gasteiger partial charge in [0.15, 0.2) is 0 Å². The summed E-state index contributed by atoms with van der Waals surface area (Å²) in [7, 11) is 0. The lowest BCUT2D eigenvalue weighted by Crippen LogP contribution is -2.39. The van der Waals surface area contributed by atoms with Crippen LogP contribution < -0.4 is 0 Å². The third-order valence-electron chi connectivity index (χ3n) is 6.24. The molecule has 0 aromatic heterocycles. The summed E-state index contributed by atoms with van der Waals surface area (Å²) in [6.45, 7) is 12.5. The average Bonchev–Trinajstić information content (AvgIpc) is 2.36. The van der Waals surface area contributed by atoms with E-state index in [-0.39, 0.29) is 0 Å². The van der Waals surface area contributed by atoms with E-state index in [1.165, 1.54) is 25.7 Å². The molecule has 0 N–H and O–H groups in total. The molecule has 0 radical (unpaired) electrons. The molecule has 0 heteroatoms. The van der Waals surface area contributed by atoms with Gasteiger partial charge in [-0.2, -0.15) is 0 Å². The van der Waals surface area contributed by atoms with E-state index in [2.05, 4.69) is 34.6 Å². The molecule has 0 saturated heterocycles. The summed E-state index contributed by atoms with van der Waals surface area (Å²) in [5.41, 5.74) is 1.83. The zero-order chi connectivity index (χ0) is 9.91. The Labute approximate surface area is 83.1 Å². The van der Waals surface area contributed by atoms with Gasteiger partial charge in [0.1, 0.15) is 0 Å². The van der Waals surface area contributed by atoms with Crippen molar-refractivity contribution >= 4 is 0 Å². The normalized spacial score (nSPS) is 52.8. The molecule has 2 saturated carbocycles. The van der Waals surface area contributed by atoms with Gasteiger partial charge in [0.05, 0.1) is 0 Å². The van der Waals surface area contributed by atoms with Gasteiger partial charge in [0.25, 0.3) is 0 Å². The quantitative estimate of drug-likeness (QED) is 0.566. The third-order valence-corrected chi connectivity index (χ3v) is 6.24. The Bertz CT molecular complexity index is 228. The molecular formula is C13H24. The highest BCUT2D eigenvalue weighted by Gasteiger charge is 2.65. The third kappa shape index (κ3) is 0.831. The highest BCUT2D eigenvalue weighted by atomic mass is 14.7. The SMILES string of the molecule is CCC1(C)CC2CCC1(C)C2(C)C. The molecule has 2 bridgehead atoms. The standard InChI is InChI=1S/C13H24/c1-6-12(4)9-10-7-8-13(12,5)11(10,2)3/h10H,6-9H2,1-5H3. The minimum Gasteiger partial charge on any atom is -0.0648 e. The van der Waals surface area contributed by atoms with Crippen molar-refractivity contribution in [3.8, 4) is 0 Å². The van der Waals surface area contributed by atoms with Crippen LogP contribution in [-0.2, 0) is 0 Å². The first-order valence-corrected chi connectivity index (χ1v) is 5.87. The van der Waals surface area contributed by atoms with Crippen molar-refractivity contribution in [1.29, 1.82) is 0 Å². The Morgan fingerprint density at radius 3 is 2.00 bits per heavy atom. The summed E-state index contributed by atoms with van der Waals surface area (Å²) in [5.74, 6) is 1.00. The van der Waals surface area contributed by atoms with Crippen LogP contribution in [0.2, 0.25) is 0 Å². The monoisotopic (exact) mass is 180 g/mol. The smallest absolute Gasteiger partial charge is 0.0218 e. The zero-order valence-electron chi connectivity index (χ0n) is 9.91. The summed E-state index contributed by atoms with van der Waals surface area (Å²) in [6.07, 6.45) is 5.80. The fraction of sp³-hybridized carbons (Fsp3) is 1.00. The van der Waals surface area contributed by atoms with Gasteiger partial charge in [-0.25, -0.2) is 0 Å². The molecule has 0 amide bonds. The second-order valence-corrected chi connectivity index (χ2v) is 6.41. The molecule has 2 aliphatic carbocycles. The molecule has 0 spiro atoms. The van der Waals surface area contributed by atoms with E-state index < -0.39 is 0 Å². The molecular weight excluding hydrogens is 156 g/mol. The second kappa shape index (κ2) is 2.32. The summed E-state index contributed by atoms with van der Waals surface area (Å²) >= 11 is 0. The van der Waals surface area contributed by atoms with Crippen LogP contribution in [0.4, 0.5) is 0 Å².